The van der Waals surface area contributed by atoms with Gasteiger partial charge in [-0.05, 0) is 30.5 Å². The zero-order valence-electron chi connectivity index (χ0n) is 11.8. The number of aromatic nitrogens is 1. The highest BCUT2D eigenvalue weighted by Crippen LogP contribution is 2.20. The lowest BCUT2D eigenvalue weighted by Gasteiger charge is -2.42. The van der Waals surface area contributed by atoms with Gasteiger partial charge in [0.1, 0.15) is 0 Å². The summed E-state index contributed by atoms with van der Waals surface area (Å²) in [5.41, 5.74) is 1.37. The van der Waals surface area contributed by atoms with Crippen molar-refractivity contribution in [2.24, 2.45) is 5.92 Å². The number of hydrogen-bond acceptors (Lipinski definition) is 3. The average Bonchev–Trinajstić information content (AvgIpc) is 2.39. The molecule has 1 saturated heterocycles. The third-order valence-electron chi connectivity index (χ3n) is 4.09. The predicted molar refractivity (Wildman–Crippen MR) is 75.4 cm³/mol. The molecule has 3 heteroatoms. The van der Waals surface area contributed by atoms with Gasteiger partial charge in [-0.2, -0.15) is 0 Å². The zero-order valence-corrected chi connectivity index (χ0v) is 11.8. The minimum atomic E-state index is 0.590. The van der Waals surface area contributed by atoms with Crippen LogP contribution < -0.4 is 5.32 Å². The summed E-state index contributed by atoms with van der Waals surface area (Å²) in [7, 11) is 0. The Morgan fingerprint density at radius 3 is 2.83 bits per heavy atom. The Morgan fingerprint density at radius 1 is 1.44 bits per heavy atom. The van der Waals surface area contributed by atoms with Crippen LogP contribution in [0.5, 0.6) is 0 Å². The van der Waals surface area contributed by atoms with Crippen molar-refractivity contribution < 1.29 is 0 Å². The molecule has 1 aromatic heterocycles. The van der Waals surface area contributed by atoms with Crippen molar-refractivity contribution in [3.05, 3.63) is 30.1 Å². The molecule has 3 atom stereocenters. The van der Waals surface area contributed by atoms with E-state index < -0.39 is 0 Å². The summed E-state index contributed by atoms with van der Waals surface area (Å²) < 4.78 is 0. The van der Waals surface area contributed by atoms with Gasteiger partial charge in [0.2, 0.25) is 0 Å². The maximum absolute atomic E-state index is 4.09. The van der Waals surface area contributed by atoms with Crippen molar-refractivity contribution in [1.29, 1.82) is 0 Å². The Bertz CT molecular complexity index is 352. The van der Waals surface area contributed by atoms with Gasteiger partial charge in [0.05, 0.1) is 0 Å². The Morgan fingerprint density at radius 2 is 2.17 bits per heavy atom. The monoisotopic (exact) mass is 247 g/mol. The van der Waals surface area contributed by atoms with Crippen LogP contribution in [0.1, 0.15) is 32.8 Å². The van der Waals surface area contributed by atoms with E-state index in [0.717, 1.165) is 25.6 Å². The van der Waals surface area contributed by atoms with Crippen LogP contribution in [0.4, 0.5) is 0 Å². The maximum atomic E-state index is 4.09. The third-order valence-corrected chi connectivity index (χ3v) is 4.09. The SMILES string of the molecule is CCC(C)C1CNC(C)CN1Cc1ccncc1. The first-order chi connectivity index (χ1) is 8.70. The van der Waals surface area contributed by atoms with E-state index in [0.29, 0.717) is 12.1 Å². The van der Waals surface area contributed by atoms with Gasteiger partial charge in [0.25, 0.3) is 0 Å². The molecule has 0 aromatic carbocycles. The topological polar surface area (TPSA) is 28.2 Å². The number of nitrogens with zero attached hydrogens (tertiary/aromatic N) is 2. The molecule has 1 fully saturated rings. The zero-order chi connectivity index (χ0) is 13.0. The van der Waals surface area contributed by atoms with Crippen LogP contribution in [-0.2, 0) is 6.54 Å². The standard InChI is InChI=1S/C15H25N3/c1-4-12(2)15-9-17-13(3)10-18(15)11-14-5-7-16-8-6-14/h5-8,12-13,15,17H,4,9-11H2,1-3H3. The lowest BCUT2D eigenvalue weighted by molar-refractivity contribution is 0.0885. The molecule has 100 valence electrons. The highest BCUT2D eigenvalue weighted by Gasteiger charge is 2.28. The fraction of sp³-hybridized carbons (Fsp3) is 0.667. The predicted octanol–water partition coefficient (Wildman–Crippen LogP) is 2.29. The minimum Gasteiger partial charge on any atom is -0.311 e. The average molecular weight is 247 g/mol. The van der Waals surface area contributed by atoms with Crippen molar-refractivity contribution in [1.82, 2.24) is 15.2 Å². The first-order valence-electron chi connectivity index (χ1n) is 7.07. The van der Waals surface area contributed by atoms with E-state index in [4.69, 9.17) is 0 Å². The van der Waals surface area contributed by atoms with Crippen LogP contribution in [0.3, 0.4) is 0 Å². The lowest BCUT2D eigenvalue weighted by Crippen LogP contribution is -2.57. The Labute approximate surface area is 111 Å². The Balaban J connectivity index is 2.06. The molecule has 0 spiro atoms. The summed E-state index contributed by atoms with van der Waals surface area (Å²) in [6.07, 6.45) is 5.02. The van der Waals surface area contributed by atoms with E-state index >= 15 is 0 Å². The van der Waals surface area contributed by atoms with Gasteiger partial charge in [0.15, 0.2) is 0 Å². The van der Waals surface area contributed by atoms with E-state index in [1.807, 2.05) is 12.4 Å². The van der Waals surface area contributed by atoms with Crippen LogP contribution in [0.25, 0.3) is 0 Å². The van der Waals surface area contributed by atoms with E-state index in [-0.39, 0.29) is 0 Å². The van der Waals surface area contributed by atoms with E-state index in [1.165, 1.54) is 12.0 Å². The highest BCUT2D eigenvalue weighted by atomic mass is 15.2. The molecular weight excluding hydrogens is 222 g/mol. The molecule has 0 saturated carbocycles. The maximum Gasteiger partial charge on any atom is 0.0271 e. The first-order valence-corrected chi connectivity index (χ1v) is 7.07. The molecule has 2 heterocycles. The Hall–Kier alpha value is -0.930. The molecule has 3 unspecified atom stereocenters. The lowest BCUT2D eigenvalue weighted by atomic mass is 9.94. The van der Waals surface area contributed by atoms with Gasteiger partial charge in [-0.3, -0.25) is 9.88 Å². The summed E-state index contributed by atoms with van der Waals surface area (Å²) in [5, 5.41) is 3.61. The first kappa shape index (κ1) is 13.5. The molecule has 18 heavy (non-hydrogen) atoms. The van der Waals surface area contributed by atoms with Crippen molar-refractivity contribution in [3.63, 3.8) is 0 Å². The third kappa shape index (κ3) is 3.30. The Kier molecular flexibility index (Phi) is 4.72. The normalized spacial score (nSPS) is 27.1. The molecule has 0 radical (unpaired) electrons. The summed E-state index contributed by atoms with van der Waals surface area (Å²) in [6, 6.07) is 5.49. The second-order valence-electron chi connectivity index (χ2n) is 5.55. The van der Waals surface area contributed by atoms with Crippen LogP contribution in [0.2, 0.25) is 0 Å². The van der Waals surface area contributed by atoms with Crippen molar-refractivity contribution >= 4 is 0 Å². The summed E-state index contributed by atoms with van der Waals surface area (Å²) in [4.78, 5) is 6.72. The van der Waals surface area contributed by atoms with E-state index in [1.54, 1.807) is 0 Å². The molecule has 3 nitrogen and oxygen atoms in total. The quantitative estimate of drug-likeness (QED) is 0.885. The second kappa shape index (κ2) is 6.30. The molecule has 0 aliphatic carbocycles. The second-order valence-corrected chi connectivity index (χ2v) is 5.55. The number of nitrogens with one attached hydrogen (secondary N) is 1. The van der Waals surface area contributed by atoms with Gasteiger partial charge in [0, 0.05) is 44.1 Å². The number of pyridine rings is 1. The van der Waals surface area contributed by atoms with Gasteiger partial charge >= 0.3 is 0 Å². The molecular formula is C15H25N3. The number of rotatable bonds is 4. The largest absolute Gasteiger partial charge is 0.311 e. The summed E-state index contributed by atoms with van der Waals surface area (Å²) in [5.74, 6) is 0.742. The van der Waals surface area contributed by atoms with Gasteiger partial charge in [-0.1, -0.05) is 20.3 Å². The number of piperazine rings is 1. The van der Waals surface area contributed by atoms with Crippen LogP contribution >= 0.6 is 0 Å². The fourth-order valence-corrected chi connectivity index (χ4v) is 2.74. The fourth-order valence-electron chi connectivity index (χ4n) is 2.74. The summed E-state index contributed by atoms with van der Waals surface area (Å²) >= 11 is 0. The van der Waals surface area contributed by atoms with Crippen LogP contribution in [-0.4, -0.2) is 35.1 Å². The molecule has 1 N–H and O–H groups in total. The molecule has 2 rings (SSSR count). The van der Waals surface area contributed by atoms with Gasteiger partial charge in [-0.25, -0.2) is 0 Å². The number of hydrogen-bond donors (Lipinski definition) is 1. The minimum absolute atomic E-state index is 0.590. The molecule has 0 amide bonds. The van der Waals surface area contributed by atoms with E-state index in [9.17, 15) is 0 Å². The highest BCUT2D eigenvalue weighted by molar-refractivity contribution is 5.10. The van der Waals surface area contributed by atoms with Crippen LogP contribution in [0.15, 0.2) is 24.5 Å². The van der Waals surface area contributed by atoms with Gasteiger partial charge in [-0.15, -0.1) is 0 Å². The van der Waals surface area contributed by atoms with Crippen molar-refractivity contribution in [3.8, 4) is 0 Å². The smallest absolute Gasteiger partial charge is 0.0271 e. The molecule has 1 aliphatic rings. The van der Waals surface area contributed by atoms with Crippen LogP contribution in [0, 0.1) is 5.92 Å². The van der Waals surface area contributed by atoms with Crippen molar-refractivity contribution in [2.75, 3.05) is 13.1 Å². The molecule has 1 aromatic rings. The van der Waals surface area contributed by atoms with Gasteiger partial charge < -0.3 is 5.32 Å². The summed E-state index contributed by atoms with van der Waals surface area (Å²) in [6.45, 7) is 10.2. The van der Waals surface area contributed by atoms with Crippen molar-refractivity contribution in [2.45, 2.75) is 45.8 Å². The van der Waals surface area contributed by atoms with E-state index in [2.05, 4.69) is 48.1 Å². The molecule has 1 aliphatic heterocycles. The molecule has 0 bridgehead atoms.